The zero-order chi connectivity index (χ0) is 35.3. The van der Waals surface area contributed by atoms with E-state index >= 15 is 0 Å². The van der Waals surface area contributed by atoms with Crippen LogP contribution in [-0.2, 0) is 9.53 Å². The Hall–Kier alpha value is -5.50. The normalized spacial score (nSPS) is 16.3. The van der Waals surface area contributed by atoms with Crippen molar-refractivity contribution in [3.8, 4) is 0 Å². The molecule has 0 aliphatic carbocycles. The minimum Gasteiger partial charge on any atom is -0.444 e. The average Bonchev–Trinajstić information content (AvgIpc) is 3.48. The van der Waals surface area contributed by atoms with Crippen LogP contribution in [0.4, 0.5) is 33.8 Å². The Bertz CT molecular complexity index is 1850. The summed E-state index contributed by atoms with van der Waals surface area (Å²) in [5.74, 6) is 0.0405. The molecule has 0 radical (unpaired) electrons. The number of carbonyl (C=O) groups excluding carboxylic acids is 3. The van der Waals surface area contributed by atoms with E-state index in [4.69, 9.17) is 14.7 Å². The van der Waals surface area contributed by atoms with Crippen molar-refractivity contribution in [1.82, 2.24) is 24.5 Å². The lowest BCUT2D eigenvalue weighted by Gasteiger charge is -2.36. The monoisotopic (exact) mass is 669 g/mol. The standard InChI is InChI=1S/C35H43N9O5/c1-7-29(46)38-24-11-8-10-22(16-24)31(47)39-25-12-9-13-26(17-25)40-33-42-32(41-30-27(21(2)3)19-37-44(30)33)36-18-23-14-15-43(20-28(23)45)34(48)49-35(4,5)6/h7-13,16-17,19,21,23,28,45H,1,14-15,18,20H2,2-6H3,(H,38,46)(H,39,47)(H2,36,40,41,42)/t23-,28+/m1/s1. The summed E-state index contributed by atoms with van der Waals surface area (Å²) >= 11 is 0. The molecule has 258 valence electrons. The molecule has 2 aromatic carbocycles. The first-order valence-electron chi connectivity index (χ1n) is 16.2. The van der Waals surface area contributed by atoms with Gasteiger partial charge in [-0.05, 0) is 75.6 Å². The summed E-state index contributed by atoms with van der Waals surface area (Å²) in [4.78, 5) is 48.3. The van der Waals surface area contributed by atoms with Gasteiger partial charge in [0.15, 0.2) is 5.65 Å². The quantitative estimate of drug-likeness (QED) is 0.138. The summed E-state index contributed by atoms with van der Waals surface area (Å²) in [5, 5.41) is 27.6. The zero-order valence-electron chi connectivity index (χ0n) is 28.4. The van der Waals surface area contributed by atoms with E-state index in [-0.39, 0.29) is 30.2 Å². The molecule has 3 heterocycles. The Morgan fingerprint density at radius 1 is 1.06 bits per heavy atom. The molecule has 1 aliphatic rings. The third kappa shape index (κ3) is 8.90. The molecule has 5 N–H and O–H groups in total. The highest BCUT2D eigenvalue weighted by Gasteiger charge is 2.32. The van der Waals surface area contributed by atoms with Gasteiger partial charge in [0.1, 0.15) is 5.60 Å². The fourth-order valence-corrected chi connectivity index (χ4v) is 5.33. The number of anilines is 5. The lowest BCUT2D eigenvalue weighted by atomic mass is 9.94. The second-order valence-corrected chi connectivity index (χ2v) is 13.2. The average molecular weight is 670 g/mol. The molecule has 2 atom stereocenters. The zero-order valence-corrected chi connectivity index (χ0v) is 28.4. The molecule has 4 aromatic rings. The number of nitrogens with zero attached hydrogens (tertiary/aromatic N) is 5. The third-order valence-corrected chi connectivity index (χ3v) is 7.87. The van der Waals surface area contributed by atoms with Gasteiger partial charge in [0, 0.05) is 47.2 Å². The van der Waals surface area contributed by atoms with Crippen LogP contribution in [0.1, 0.15) is 62.9 Å². The smallest absolute Gasteiger partial charge is 0.410 e. The topological polar surface area (TPSA) is 175 Å². The van der Waals surface area contributed by atoms with E-state index in [1.807, 2.05) is 26.8 Å². The number of nitrogens with one attached hydrogen (secondary N) is 4. The number of fused-ring (bicyclic) bond motifs is 1. The first kappa shape index (κ1) is 34.8. The summed E-state index contributed by atoms with van der Waals surface area (Å²) in [6.45, 7) is 14.0. The number of amides is 3. The predicted octanol–water partition coefficient (Wildman–Crippen LogP) is 5.40. The van der Waals surface area contributed by atoms with E-state index in [2.05, 4.69) is 46.8 Å². The molecule has 0 saturated carbocycles. The molecule has 1 saturated heterocycles. The number of benzene rings is 2. The number of aliphatic hydroxyl groups is 1. The fraction of sp³-hybridized carbons (Fsp3) is 0.371. The SMILES string of the molecule is C=CC(=O)Nc1cccc(C(=O)Nc2cccc(Nc3nc(NC[C@H]4CCN(C(=O)OC(C)(C)C)C[C@@H]4O)nc4c(C(C)C)cnn34)c2)c1. The van der Waals surface area contributed by atoms with Crippen LogP contribution in [-0.4, -0.2) is 78.8 Å². The van der Waals surface area contributed by atoms with Crippen molar-refractivity contribution in [2.75, 3.05) is 40.9 Å². The third-order valence-electron chi connectivity index (χ3n) is 7.87. The Morgan fingerprint density at radius 2 is 1.78 bits per heavy atom. The molecule has 14 heteroatoms. The molecule has 14 nitrogen and oxygen atoms in total. The van der Waals surface area contributed by atoms with Crippen molar-refractivity contribution in [1.29, 1.82) is 0 Å². The maximum atomic E-state index is 13.1. The van der Waals surface area contributed by atoms with E-state index < -0.39 is 17.8 Å². The van der Waals surface area contributed by atoms with Gasteiger partial charge in [-0.25, -0.2) is 4.79 Å². The number of carbonyl (C=O) groups is 3. The van der Waals surface area contributed by atoms with Gasteiger partial charge in [0.25, 0.3) is 5.91 Å². The van der Waals surface area contributed by atoms with Crippen molar-refractivity contribution < 1.29 is 24.2 Å². The molecule has 0 bridgehead atoms. The number of aliphatic hydroxyl groups excluding tert-OH is 1. The molecular formula is C35H43N9O5. The Kier molecular flexibility index (Phi) is 10.5. The summed E-state index contributed by atoms with van der Waals surface area (Å²) < 4.78 is 7.10. The maximum absolute atomic E-state index is 13.1. The van der Waals surface area contributed by atoms with E-state index in [0.717, 1.165) is 11.6 Å². The van der Waals surface area contributed by atoms with E-state index in [9.17, 15) is 19.5 Å². The first-order valence-corrected chi connectivity index (χ1v) is 16.2. The van der Waals surface area contributed by atoms with Gasteiger partial charge >= 0.3 is 6.09 Å². The summed E-state index contributed by atoms with van der Waals surface area (Å²) in [5.41, 5.74) is 2.98. The van der Waals surface area contributed by atoms with Crippen molar-refractivity contribution in [2.45, 2.75) is 58.7 Å². The van der Waals surface area contributed by atoms with Gasteiger partial charge in [0.2, 0.25) is 17.8 Å². The predicted molar refractivity (Wildman–Crippen MR) is 188 cm³/mol. The van der Waals surface area contributed by atoms with Gasteiger partial charge < -0.3 is 36.0 Å². The number of ether oxygens (including phenoxy) is 1. The second-order valence-electron chi connectivity index (χ2n) is 13.2. The number of hydrogen-bond donors (Lipinski definition) is 5. The molecule has 1 aliphatic heterocycles. The minimum absolute atomic E-state index is 0.136. The molecule has 0 unspecified atom stereocenters. The number of piperidine rings is 1. The molecular weight excluding hydrogens is 626 g/mol. The van der Waals surface area contributed by atoms with Gasteiger partial charge in [-0.2, -0.15) is 19.6 Å². The van der Waals surface area contributed by atoms with Crippen LogP contribution in [0.15, 0.2) is 67.4 Å². The largest absolute Gasteiger partial charge is 0.444 e. The van der Waals surface area contributed by atoms with Crippen LogP contribution in [0.3, 0.4) is 0 Å². The highest BCUT2D eigenvalue weighted by Crippen LogP contribution is 2.26. The van der Waals surface area contributed by atoms with E-state index in [0.29, 0.717) is 59.7 Å². The van der Waals surface area contributed by atoms with Crippen LogP contribution in [0.5, 0.6) is 0 Å². The van der Waals surface area contributed by atoms with E-state index in [1.54, 1.807) is 53.2 Å². The number of rotatable bonds is 10. The minimum atomic E-state index is -0.748. The van der Waals surface area contributed by atoms with Crippen LogP contribution in [0, 0.1) is 5.92 Å². The van der Waals surface area contributed by atoms with Crippen LogP contribution in [0.25, 0.3) is 5.65 Å². The molecule has 49 heavy (non-hydrogen) atoms. The van der Waals surface area contributed by atoms with Gasteiger partial charge in [-0.3, -0.25) is 9.59 Å². The summed E-state index contributed by atoms with van der Waals surface area (Å²) in [6, 6.07) is 13.8. The number of β-amino-alcohol motifs (C(OH)–C–C–N with tert-alkyl or cyclic N) is 1. The molecule has 0 spiro atoms. The highest BCUT2D eigenvalue weighted by molar-refractivity contribution is 6.06. The Labute approximate surface area is 285 Å². The van der Waals surface area contributed by atoms with Gasteiger partial charge in [-0.1, -0.05) is 32.6 Å². The first-order chi connectivity index (χ1) is 23.3. The van der Waals surface area contributed by atoms with Crippen LogP contribution >= 0.6 is 0 Å². The Balaban J connectivity index is 1.30. The van der Waals surface area contributed by atoms with Crippen LogP contribution < -0.4 is 21.3 Å². The highest BCUT2D eigenvalue weighted by atomic mass is 16.6. The molecule has 1 fully saturated rings. The fourth-order valence-electron chi connectivity index (χ4n) is 5.33. The van der Waals surface area contributed by atoms with Crippen molar-refractivity contribution in [2.24, 2.45) is 5.92 Å². The van der Waals surface area contributed by atoms with E-state index in [1.165, 1.54) is 4.90 Å². The van der Waals surface area contributed by atoms with Crippen molar-refractivity contribution in [3.05, 3.63) is 78.5 Å². The summed E-state index contributed by atoms with van der Waals surface area (Å²) in [6.07, 6.45) is 2.32. The molecule has 2 aromatic heterocycles. The molecule has 3 amide bonds. The lowest BCUT2D eigenvalue weighted by Crippen LogP contribution is -2.49. The maximum Gasteiger partial charge on any atom is 0.410 e. The number of likely N-dealkylation sites (tertiary alicyclic amines) is 1. The Morgan fingerprint density at radius 3 is 2.47 bits per heavy atom. The van der Waals surface area contributed by atoms with Crippen molar-refractivity contribution in [3.63, 3.8) is 0 Å². The van der Waals surface area contributed by atoms with Gasteiger partial charge in [0.05, 0.1) is 18.8 Å². The number of aromatic nitrogens is 4. The van der Waals surface area contributed by atoms with Gasteiger partial charge in [-0.15, -0.1) is 0 Å². The molecule has 5 rings (SSSR count). The summed E-state index contributed by atoms with van der Waals surface area (Å²) in [7, 11) is 0. The lowest BCUT2D eigenvalue weighted by molar-refractivity contribution is -0.111. The number of hydrogen-bond acceptors (Lipinski definition) is 10. The van der Waals surface area contributed by atoms with Crippen LogP contribution in [0.2, 0.25) is 0 Å². The second kappa shape index (κ2) is 14.7. The van der Waals surface area contributed by atoms with Crippen molar-refractivity contribution >= 4 is 52.5 Å².